The van der Waals surface area contributed by atoms with E-state index in [1.807, 2.05) is 6.92 Å². The monoisotopic (exact) mass is 252 g/mol. The molecule has 17 heavy (non-hydrogen) atoms. The Morgan fingerprint density at radius 3 is 2.94 bits per heavy atom. The van der Waals surface area contributed by atoms with Gasteiger partial charge >= 0.3 is 0 Å². The van der Waals surface area contributed by atoms with Gasteiger partial charge in [0.2, 0.25) is 0 Å². The van der Waals surface area contributed by atoms with Crippen molar-refractivity contribution in [1.82, 2.24) is 10.1 Å². The van der Waals surface area contributed by atoms with E-state index in [2.05, 4.69) is 17.1 Å². The molecule has 0 aliphatic rings. The molecule has 0 radical (unpaired) electrons. The van der Waals surface area contributed by atoms with Gasteiger partial charge in [0, 0.05) is 5.92 Å². The van der Waals surface area contributed by atoms with E-state index in [1.54, 1.807) is 6.07 Å². The molecule has 0 aliphatic carbocycles. The van der Waals surface area contributed by atoms with E-state index in [0.717, 1.165) is 6.42 Å². The van der Waals surface area contributed by atoms with Gasteiger partial charge in [-0.15, -0.1) is 0 Å². The standard InChI is InChI=1S/C12H13ClN2O2/c1-3-7(2)11-14-12(17-15-11)9-6-8(16)4-5-10(9)13/h4-7,16H,3H2,1-2H3. The summed E-state index contributed by atoms with van der Waals surface area (Å²) in [4.78, 5) is 4.28. The summed E-state index contributed by atoms with van der Waals surface area (Å²) in [6.07, 6.45) is 0.937. The van der Waals surface area contributed by atoms with Gasteiger partial charge in [0.1, 0.15) is 5.75 Å². The van der Waals surface area contributed by atoms with Crippen LogP contribution in [0.25, 0.3) is 11.5 Å². The smallest absolute Gasteiger partial charge is 0.259 e. The number of phenols is 1. The summed E-state index contributed by atoms with van der Waals surface area (Å²) in [5.74, 6) is 1.35. The zero-order valence-electron chi connectivity index (χ0n) is 9.64. The molecule has 2 rings (SSSR count). The van der Waals surface area contributed by atoms with Crippen molar-refractivity contribution in [3.05, 3.63) is 29.0 Å². The number of benzene rings is 1. The summed E-state index contributed by atoms with van der Waals surface area (Å²) >= 11 is 6.01. The van der Waals surface area contributed by atoms with E-state index in [-0.39, 0.29) is 11.7 Å². The lowest BCUT2D eigenvalue weighted by molar-refractivity contribution is 0.416. The van der Waals surface area contributed by atoms with Gasteiger partial charge in [0.25, 0.3) is 5.89 Å². The summed E-state index contributed by atoms with van der Waals surface area (Å²) in [5, 5.41) is 13.8. The van der Waals surface area contributed by atoms with Crippen LogP contribution >= 0.6 is 11.6 Å². The molecule has 1 aromatic heterocycles. The molecule has 0 saturated heterocycles. The van der Waals surface area contributed by atoms with Crippen molar-refractivity contribution < 1.29 is 9.63 Å². The third-order valence-electron chi connectivity index (χ3n) is 2.68. The summed E-state index contributed by atoms with van der Waals surface area (Å²) in [6, 6.07) is 4.62. The van der Waals surface area contributed by atoms with E-state index in [1.165, 1.54) is 12.1 Å². The van der Waals surface area contributed by atoms with Gasteiger partial charge in [0.15, 0.2) is 5.82 Å². The van der Waals surface area contributed by atoms with Crippen LogP contribution in [0.5, 0.6) is 5.75 Å². The van der Waals surface area contributed by atoms with Crippen molar-refractivity contribution in [3.8, 4) is 17.2 Å². The minimum Gasteiger partial charge on any atom is -0.508 e. The molecule has 0 aliphatic heterocycles. The van der Waals surface area contributed by atoms with Crippen molar-refractivity contribution in [1.29, 1.82) is 0 Å². The molecule has 90 valence electrons. The fraction of sp³-hybridized carbons (Fsp3) is 0.333. The van der Waals surface area contributed by atoms with E-state index < -0.39 is 0 Å². The van der Waals surface area contributed by atoms with Crippen LogP contribution < -0.4 is 0 Å². The highest BCUT2D eigenvalue weighted by Crippen LogP contribution is 2.30. The summed E-state index contributed by atoms with van der Waals surface area (Å²) < 4.78 is 5.15. The van der Waals surface area contributed by atoms with Crippen LogP contribution in [0.3, 0.4) is 0 Å². The number of halogens is 1. The molecule has 5 heteroatoms. The predicted molar refractivity (Wildman–Crippen MR) is 65.1 cm³/mol. The van der Waals surface area contributed by atoms with E-state index in [0.29, 0.717) is 22.3 Å². The third-order valence-corrected chi connectivity index (χ3v) is 3.00. The summed E-state index contributed by atoms with van der Waals surface area (Å²) in [6.45, 7) is 4.08. The Hall–Kier alpha value is -1.55. The van der Waals surface area contributed by atoms with Crippen LogP contribution in [0, 0.1) is 0 Å². The lowest BCUT2D eigenvalue weighted by Crippen LogP contribution is -1.93. The topological polar surface area (TPSA) is 59.2 Å². The van der Waals surface area contributed by atoms with Gasteiger partial charge in [-0.1, -0.05) is 30.6 Å². The molecule has 1 aromatic carbocycles. The first-order valence-corrected chi connectivity index (χ1v) is 5.82. The molecule has 1 atom stereocenters. The highest BCUT2D eigenvalue weighted by molar-refractivity contribution is 6.33. The van der Waals surface area contributed by atoms with Gasteiger partial charge < -0.3 is 9.63 Å². The second-order valence-corrected chi connectivity index (χ2v) is 4.34. The molecule has 0 fully saturated rings. The molecule has 0 amide bonds. The second-order valence-electron chi connectivity index (χ2n) is 3.93. The van der Waals surface area contributed by atoms with Gasteiger partial charge in [-0.25, -0.2) is 0 Å². The highest BCUT2D eigenvalue weighted by atomic mass is 35.5. The molecule has 1 heterocycles. The van der Waals surface area contributed by atoms with Crippen molar-refractivity contribution in [2.75, 3.05) is 0 Å². The van der Waals surface area contributed by atoms with Crippen molar-refractivity contribution in [3.63, 3.8) is 0 Å². The van der Waals surface area contributed by atoms with Gasteiger partial charge in [-0.05, 0) is 24.6 Å². The van der Waals surface area contributed by atoms with Gasteiger partial charge in [-0.2, -0.15) is 4.98 Å². The number of nitrogens with zero attached hydrogens (tertiary/aromatic N) is 2. The normalized spacial score (nSPS) is 12.6. The number of hydrogen-bond donors (Lipinski definition) is 1. The molecular formula is C12H13ClN2O2. The lowest BCUT2D eigenvalue weighted by Gasteiger charge is -2.00. The predicted octanol–water partition coefficient (Wildman–Crippen LogP) is 3.61. The first-order valence-electron chi connectivity index (χ1n) is 5.44. The Balaban J connectivity index is 2.40. The third kappa shape index (κ3) is 2.42. The fourth-order valence-electron chi connectivity index (χ4n) is 1.40. The largest absolute Gasteiger partial charge is 0.508 e. The van der Waals surface area contributed by atoms with Crippen LogP contribution in [0.2, 0.25) is 5.02 Å². The number of aromatic hydroxyl groups is 1. The molecule has 0 saturated carbocycles. The minimum atomic E-state index is 0.118. The van der Waals surface area contributed by atoms with Crippen LogP contribution in [0.15, 0.2) is 22.7 Å². The zero-order valence-corrected chi connectivity index (χ0v) is 10.4. The Kier molecular flexibility index (Phi) is 3.33. The van der Waals surface area contributed by atoms with Crippen LogP contribution in [-0.4, -0.2) is 15.2 Å². The van der Waals surface area contributed by atoms with Crippen LogP contribution in [0.4, 0.5) is 0 Å². The summed E-state index contributed by atoms with van der Waals surface area (Å²) in [7, 11) is 0. The number of rotatable bonds is 3. The molecular weight excluding hydrogens is 240 g/mol. The Labute approximate surface area is 104 Å². The van der Waals surface area contributed by atoms with Crippen molar-refractivity contribution >= 4 is 11.6 Å². The van der Waals surface area contributed by atoms with Gasteiger partial charge in [-0.3, -0.25) is 0 Å². The summed E-state index contributed by atoms with van der Waals surface area (Å²) in [5.41, 5.74) is 0.550. The first kappa shape index (κ1) is 11.9. The highest BCUT2D eigenvalue weighted by Gasteiger charge is 2.15. The molecule has 4 nitrogen and oxygen atoms in total. The van der Waals surface area contributed by atoms with E-state index in [4.69, 9.17) is 16.1 Å². The molecule has 2 aromatic rings. The second kappa shape index (κ2) is 4.75. The van der Waals surface area contributed by atoms with Crippen LogP contribution in [0.1, 0.15) is 32.0 Å². The van der Waals surface area contributed by atoms with E-state index >= 15 is 0 Å². The Morgan fingerprint density at radius 2 is 2.24 bits per heavy atom. The molecule has 1 N–H and O–H groups in total. The van der Waals surface area contributed by atoms with Crippen molar-refractivity contribution in [2.45, 2.75) is 26.2 Å². The first-order chi connectivity index (χ1) is 8.11. The Bertz CT molecular complexity index is 525. The van der Waals surface area contributed by atoms with Crippen LogP contribution in [-0.2, 0) is 0 Å². The fourth-order valence-corrected chi connectivity index (χ4v) is 1.60. The maximum Gasteiger partial charge on any atom is 0.259 e. The maximum absolute atomic E-state index is 9.41. The van der Waals surface area contributed by atoms with E-state index in [9.17, 15) is 5.11 Å². The average molecular weight is 253 g/mol. The Morgan fingerprint density at radius 1 is 1.47 bits per heavy atom. The molecule has 1 unspecified atom stereocenters. The molecule has 0 spiro atoms. The minimum absolute atomic E-state index is 0.118. The number of phenolic OH excluding ortho intramolecular Hbond substituents is 1. The zero-order chi connectivity index (χ0) is 12.4. The van der Waals surface area contributed by atoms with Crippen molar-refractivity contribution in [2.24, 2.45) is 0 Å². The number of aromatic nitrogens is 2. The van der Waals surface area contributed by atoms with Gasteiger partial charge in [0.05, 0.1) is 10.6 Å². The SMILES string of the molecule is CCC(C)c1noc(-c2cc(O)ccc2Cl)n1. The number of hydrogen-bond acceptors (Lipinski definition) is 4. The average Bonchev–Trinajstić information content (AvgIpc) is 2.80. The maximum atomic E-state index is 9.41. The lowest BCUT2D eigenvalue weighted by atomic mass is 10.1. The molecule has 0 bridgehead atoms. The quantitative estimate of drug-likeness (QED) is 0.907.